The van der Waals surface area contributed by atoms with Crippen molar-refractivity contribution in [3.05, 3.63) is 50.7 Å². The molecule has 30 heavy (non-hydrogen) atoms. The summed E-state index contributed by atoms with van der Waals surface area (Å²) in [6, 6.07) is 6.52. The molecule has 0 saturated carbocycles. The minimum atomic E-state index is -3.85. The molecule has 162 valence electrons. The summed E-state index contributed by atoms with van der Waals surface area (Å²) in [6.45, 7) is 6.81. The van der Waals surface area contributed by atoms with Crippen LogP contribution in [0.3, 0.4) is 0 Å². The zero-order chi connectivity index (χ0) is 21.6. The molecule has 0 aliphatic carbocycles. The minimum absolute atomic E-state index is 0.0304. The van der Waals surface area contributed by atoms with Crippen LogP contribution < -0.4 is 0 Å². The Morgan fingerprint density at radius 3 is 2.57 bits per heavy atom. The molecule has 1 aromatic heterocycles. The zero-order valence-electron chi connectivity index (χ0n) is 17.2. The smallest absolute Gasteiger partial charge is 0.254 e. The molecule has 2 aliphatic rings. The van der Waals surface area contributed by atoms with Gasteiger partial charge in [0.05, 0.1) is 23.3 Å². The van der Waals surface area contributed by atoms with E-state index in [2.05, 4.69) is 6.07 Å². The number of benzene rings is 1. The number of thiophene rings is 1. The van der Waals surface area contributed by atoms with Crippen LogP contribution in [0.15, 0.2) is 34.5 Å². The summed E-state index contributed by atoms with van der Waals surface area (Å²) in [4.78, 5) is 16.3. The monoisotopic (exact) mass is 468 g/mol. The second-order valence-electron chi connectivity index (χ2n) is 7.95. The van der Waals surface area contributed by atoms with Crippen LogP contribution in [-0.2, 0) is 21.2 Å². The minimum Gasteiger partial charge on any atom is -0.373 e. The summed E-state index contributed by atoms with van der Waals surface area (Å²) in [6.07, 6.45) is 0.396. The van der Waals surface area contributed by atoms with Gasteiger partial charge in [-0.1, -0.05) is 11.6 Å². The van der Waals surface area contributed by atoms with Crippen molar-refractivity contribution in [1.29, 1.82) is 0 Å². The van der Waals surface area contributed by atoms with Crippen molar-refractivity contribution in [3.63, 3.8) is 0 Å². The third kappa shape index (κ3) is 3.91. The average molecular weight is 469 g/mol. The van der Waals surface area contributed by atoms with Crippen molar-refractivity contribution in [2.24, 2.45) is 0 Å². The van der Waals surface area contributed by atoms with E-state index in [0.717, 1.165) is 12.0 Å². The van der Waals surface area contributed by atoms with Gasteiger partial charge in [-0.25, -0.2) is 8.42 Å². The lowest BCUT2D eigenvalue weighted by molar-refractivity contribution is -0.0440. The lowest BCUT2D eigenvalue weighted by atomic mass is 10.0. The number of carbonyl (C=O) groups excluding carboxylic acids is 1. The van der Waals surface area contributed by atoms with Gasteiger partial charge in [-0.05, 0) is 62.4 Å². The predicted molar refractivity (Wildman–Crippen MR) is 118 cm³/mol. The van der Waals surface area contributed by atoms with Crippen molar-refractivity contribution in [2.75, 3.05) is 19.6 Å². The lowest BCUT2D eigenvalue weighted by Gasteiger charge is -2.35. The van der Waals surface area contributed by atoms with Gasteiger partial charge in [0.25, 0.3) is 5.91 Å². The van der Waals surface area contributed by atoms with Crippen LogP contribution in [0.4, 0.5) is 0 Å². The zero-order valence-corrected chi connectivity index (χ0v) is 19.6. The maximum Gasteiger partial charge on any atom is 0.254 e. The van der Waals surface area contributed by atoms with Gasteiger partial charge in [-0.3, -0.25) is 4.79 Å². The standard InChI is InChI=1S/C21H25ClN2O4S2/c1-13-11-23(12-14(2)28-13)30(26,27)20-10-16(4-5-18(20)22)21(25)24-8-6-19-17(15(24)3)7-9-29-19/h4-5,7,9-10,13-15H,6,8,11-12H2,1-3H3/t13-,14+,15-/m0/s1. The summed E-state index contributed by atoms with van der Waals surface area (Å²) in [7, 11) is -3.85. The van der Waals surface area contributed by atoms with Gasteiger partial charge in [0.2, 0.25) is 10.0 Å². The number of fused-ring (bicyclic) bond motifs is 1. The third-order valence-corrected chi connectivity index (χ3v) is 9.03. The number of sulfonamides is 1. The molecule has 1 amide bonds. The van der Waals surface area contributed by atoms with E-state index in [-0.39, 0.29) is 47.2 Å². The normalized spacial score (nSPS) is 25.2. The van der Waals surface area contributed by atoms with Gasteiger partial charge >= 0.3 is 0 Å². The van der Waals surface area contributed by atoms with E-state index in [1.807, 2.05) is 26.2 Å². The topological polar surface area (TPSA) is 66.9 Å². The molecule has 3 heterocycles. The van der Waals surface area contributed by atoms with E-state index < -0.39 is 10.0 Å². The fraction of sp³-hybridized carbons (Fsp3) is 0.476. The Bertz CT molecular complexity index is 1060. The van der Waals surface area contributed by atoms with Gasteiger partial charge in [0.1, 0.15) is 4.90 Å². The first-order valence-corrected chi connectivity index (χ1v) is 12.7. The largest absolute Gasteiger partial charge is 0.373 e. The summed E-state index contributed by atoms with van der Waals surface area (Å²) in [5.74, 6) is -0.184. The molecule has 2 aromatic rings. The number of amides is 1. The molecule has 0 unspecified atom stereocenters. The first-order valence-electron chi connectivity index (χ1n) is 10.0. The molecule has 3 atom stereocenters. The maximum atomic E-state index is 13.3. The highest BCUT2D eigenvalue weighted by atomic mass is 35.5. The van der Waals surface area contributed by atoms with Crippen LogP contribution >= 0.6 is 22.9 Å². The fourth-order valence-electron chi connectivity index (χ4n) is 4.25. The van der Waals surface area contributed by atoms with E-state index >= 15 is 0 Å². The summed E-state index contributed by atoms with van der Waals surface area (Å²) < 4.78 is 33.7. The Morgan fingerprint density at radius 2 is 1.87 bits per heavy atom. The SMILES string of the molecule is C[C@@H]1CN(S(=O)(=O)c2cc(C(=O)N3CCc4sccc4[C@@H]3C)ccc2Cl)C[C@H](C)O1. The molecule has 4 rings (SSSR count). The van der Waals surface area contributed by atoms with Gasteiger partial charge in [-0.15, -0.1) is 11.3 Å². The molecule has 1 fully saturated rings. The number of nitrogens with zero attached hydrogens (tertiary/aromatic N) is 2. The highest BCUT2D eigenvalue weighted by Gasteiger charge is 2.35. The van der Waals surface area contributed by atoms with E-state index in [1.54, 1.807) is 22.3 Å². The van der Waals surface area contributed by atoms with Gasteiger partial charge in [0, 0.05) is 30.1 Å². The van der Waals surface area contributed by atoms with Crippen LogP contribution in [0.1, 0.15) is 47.6 Å². The molecule has 1 saturated heterocycles. The third-order valence-electron chi connectivity index (χ3n) is 5.72. The molecule has 1 aromatic carbocycles. The Kier molecular flexibility index (Phi) is 5.98. The van der Waals surface area contributed by atoms with Crippen LogP contribution in [0.5, 0.6) is 0 Å². The number of carbonyl (C=O) groups is 1. The van der Waals surface area contributed by atoms with Crippen LogP contribution in [0.25, 0.3) is 0 Å². The second kappa shape index (κ2) is 8.24. The summed E-state index contributed by atoms with van der Waals surface area (Å²) in [5.41, 5.74) is 1.50. The quantitative estimate of drug-likeness (QED) is 0.683. The van der Waals surface area contributed by atoms with Crippen molar-refractivity contribution in [3.8, 4) is 0 Å². The first kappa shape index (κ1) is 21.8. The van der Waals surface area contributed by atoms with Gasteiger partial charge in [0.15, 0.2) is 0 Å². The van der Waals surface area contributed by atoms with Crippen LogP contribution in [0, 0.1) is 0 Å². The second-order valence-corrected chi connectivity index (χ2v) is 11.3. The molecule has 0 N–H and O–H groups in total. The van der Waals surface area contributed by atoms with E-state index in [9.17, 15) is 13.2 Å². The van der Waals surface area contributed by atoms with Gasteiger partial charge < -0.3 is 9.64 Å². The number of rotatable bonds is 3. The fourth-order valence-corrected chi connectivity index (χ4v) is 7.31. The molecule has 9 heteroatoms. The van der Waals surface area contributed by atoms with Crippen molar-refractivity contribution in [2.45, 2.75) is 50.3 Å². The lowest BCUT2D eigenvalue weighted by Crippen LogP contribution is -2.48. The first-order chi connectivity index (χ1) is 14.2. The number of halogens is 1. The molecule has 0 spiro atoms. The Labute approximate surface area is 186 Å². The number of morpholine rings is 1. The predicted octanol–water partition coefficient (Wildman–Crippen LogP) is 3.96. The van der Waals surface area contributed by atoms with Crippen molar-refractivity contribution < 1.29 is 17.9 Å². The van der Waals surface area contributed by atoms with Gasteiger partial charge in [-0.2, -0.15) is 4.31 Å². The van der Waals surface area contributed by atoms with Crippen molar-refractivity contribution >= 4 is 38.9 Å². The van der Waals surface area contributed by atoms with Crippen LogP contribution in [0.2, 0.25) is 5.02 Å². The molecular weight excluding hydrogens is 444 g/mol. The molecule has 2 aliphatic heterocycles. The number of hydrogen-bond donors (Lipinski definition) is 0. The Morgan fingerprint density at radius 1 is 1.17 bits per heavy atom. The highest BCUT2D eigenvalue weighted by molar-refractivity contribution is 7.89. The number of ether oxygens (including phenoxy) is 1. The molecular formula is C21H25ClN2O4S2. The summed E-state index contributed by atoms with van der Waals surface area (Å²) in [5, 5.41) is 2.16. The van der Waals surface area contributed by atoms with E-state index in [4.69, 9.17) is 16.3 Å². The Hall–Kier alpha value is -1.45. The Balaban J connectivity index is 1.64. The average Bonchev–Trinajstić information content (AvgIpc) is 3.17. The molecule has 0 radical (unpaired) electrons. The summed E-state index contributed by atoms with van der Waals surface area (Å²) >= 11 is 8.00. The van der Waals surface area contributed by atoms with E-state index in [1.165, 1.54) is 21.3 Å². The highest BCUT2D eigenvalue weighted by Crippen LogP contribution is 2.35. The van der Waals surface area contributed by atoms with Crippen molar-refractivity contribution in [1.82, 2.24) is 9.21 Å². The van der Waals surface area contributed by atoms with E-state index in [0.29, 0.717) is 12.1 Å². The molecule has 0 bridgehead atoms. The number of hydrogen-bond acceptors (Lipinski definition) is 5. The van der Waals surface area contributed by atoms with Crippen LogP contribution in [-0.4, -0.2) is 55.4 Å². The maximum absolute atomic E-state index is 13.3. The molecule has 6 nitrogen and oxygen atoms in total.